The molecule has 5 nitrogen and oxygen atoms in total. The van der Waals surface area contributed by atoms with E-state index in [1.54, 1.807) is 0 Å². The molecule has 0 atom stereocenters. The van der Waals surface area contributed by atoms with Gasteiger partial charge < -0.3 is 9.80 Å². The lowest BCUT2D eigenvalue weighted by Gasteiger charge is -2.36. The van der Waals surface area contributed by atoms with Crippen LogP contribution in [0.25, 0.3) is 11.3 Å². The van der Waals surface area contributed by atoms with Gasteiger partial charge in [-0.1, -0.05) is 90.5 Å². The molecule has 1 saturated heterocycles. The van der Waals surface area contributed by atoms with Crippen LogP contribution in [0, 0.1) is 6.92 Å². The summed E-state index contributed by atoms with van der Waals surface area (Å²) >= 11 is 0. The summed E-state index contributed by atoms with van der Waals surface area (Å²) in [4.78, 5) is 17.5. The van der Waals surface area contributed by atoms with Crippen LogP contribution in [0.3, 0.4) is 0 Å². The summed E-state index contributed by atoms with van der Waals surface area (Å²) in [5.74, 6) is 1.12. The van der Waals surface area contributed by atoms with Crippen LogP contribution in [0.5, 0.6) is 0 Å². The Morgan fingerprint density at radius 3 is 1.89 bits per heavy atom. The number of hydrogen-bond acceptors (Lipinski definition) is 4. The average Bonchev–Trinajstić information content (AvgIpc) is 2.93. The van der Waals surface area contributed by atoms with Gasteiger partial charge in [0.2, 0.25) is 5.91 Å². The number of carbonyl (C=O) groups excluding carboxylic acids is 1. The number of benzene rings is 3. The van der Waals surface area contributed by atoms with Gasteiger partial charge >= 0.3 is 0 Å². The van der Waals surface area contributed by atoms with E-state index in [0.717, 1.165) is 30.2 Å². The zero-order valence-corrected chi connectivity index (χ0v) is 20.0. The summed E-state index contributed by atoms with van der Waals surface area (Å²) in [6, 6.07) is 33.0. The molecule has 3 aromatic carbocycles. The first-order valence-corrected chi connectivity index (χ1v) is 12.2. The van der Waals surface area contributed by atoms with E-state index in [2.05, 4.69) is 70.6 Å². The monoisotopic (exact) mass is 462 g/mol. The second kappa shape index (κ2) is 10.5. The summed E-state index contributed by atoms with van der Waals surface area (Å²) in [6.07, 6.45) is 0.471. The third-order valence-corrected chi connectivity index (χ3v) is 6.74. The minimum atomic E-state index is 0.0584. The fraction of sp³-hybridized carbons (Fsp3) is 0.233. The van der Waals surface area contributed by atoms with Crippen molar-refractivity contribution in [2.24, 2.45) is 0 Å². The second-order valence-corrected chi connectivity index (χ2v) is 9.09. The predicted molar refractivity (Wildman–Crippen MR) is 140 cm³/mol. The first kappa shape index (κ1) is 22.8. The largest absolute Gasteiger partial charge is 0.352 e. The van der Waals surface area contributed by atoms with Crippen molar-refractivity contribution in [3.63, 3.8) is 0 Å². The van der Waals surface area contributed by atoms with Crippen molar-refractivity contribution in [1.82, 2.24) is 15.1 Å². The molecule has 0 unspecified atom stereocenters. The summed E-state index contributed by atoms with van der Waals surface area (Å²) in [6.45, 7) is 4.97. The van der Waals surface area contributed by atoms with E-state index >= 15 is 0 Å². The highest BCUT2D eigenvalue weighted by Crippen LogP contribution is 2.29. The molecule has 0 bridgehead atoms. The number of aryl methyl sites for hydroxylation is 1. The Bertz CT molecular complexity index is 1190. The van der Waals surface area contributed by atoms with E-state index in [-0.39, 0.29) is 11.8 Å². The maximum absolute atomic E-state index is 13.3. The molecule has 35 heavy (non-hydrogen) atoms. The fourth-order valence-electron chi connectivity index (χ4n) is 4.66. The van der Waals surface area contributed by atoms with Gasteiger partial charge in [-0.15, -0.1) is 10.2 Å². The fourth-order valence-corrected chi connectivity index (χ4v) is 4.66. The van der Waals surface area contributed by atoms with Gasteiger partial charge in [-0.05, 0) is 30.2 Å². The Hall–Kier alpha value is -3.99. The van der Waals surface area contributed by atoms with E-state index in [1.165, 1.54) is 16.7 Å². The Balaban J connectivity index is 1.22. The minimum Gasteiger partial charge on any atom is -0.352 e. The van der Waals surface area contributed by atoms with Crippen molar-refractivity contribution in [3.8, 4) is 11.3 Å². The zero-order valence-electron chi connectivity index (χ0n) is 20.0. The number of nitrogens with zero attached hydrogens (tertiary/aromatic N) is 4. The quantitative estimate of drug-likeness (QED) is 0.389. The van der Waals surface area contributed by atoms with Gasteiger partial charge in [0.05, 0.1) is 5.69 Å². The van der Waals surface area contributed by atoms with Crippen LogP contribution in [0.4, 0.5) is 5.82 Å². The van der Waals surface area contributed by atoms with Crippen LogP contribution in [-0.4, -0.2) is 47.2 Å². The zero-order chi connectivity index (χ0) is 24.0. The van der Waals surface area contributed by atoms with Crippen LogP contribution in [-0.2, 0) is 4.79 Å². The molecule has 0 radical (unpaired) electrons. The third-order valence-electron chi connectivity index (χ3n) is 6.74. The van der Waals surface area contributed by atoms with Crippen molar-refractivity contribution in [3.05, 3.63) is 114 Å². The number of anilines is 1. The summed E-state index contributed by atoms with van der Waals surface area (Å²) in [7, 11) is 0. The highest BCUT2D eigenvalue weighted by atomic mass is 16.2. The predicted octanol–water partition coefficient (Wildman–Crippen LogP) is 5.32. The molecule has 5 rings (SSSR count). The molecule has 176 valence electrons. The molecule has 0 spiro atoms. The molecule has 0 saturated carbocycles. The van der Waals surface area contributed by atoms with Crippen LogP contribution in [0.1, 0.15) is 29.0 Å². The lowest BCUT2D eigenvalue weighted by Crippen LogP contribution is -2.49. The molecule has 1 amide bonds. The van der Waals surface area contributed by atoms with E-state index in [9.17, 15) is 4.79 Å². The summed E-state index contributed by atoms with van der Waals surface area (Å²) in [5, 5.41) is 8.91. The van der Waals surface area contributed by atoms with Crippen molar-refractivity contribution in [1.29, 1.82) is 0 Å². The Kier molecular flexibility index (Phi) is 6.85. The molecule has 5 heteroatoms. The van der Waals surface area contributed by atoms with Crippen molar-refractivity contribution in [2.45, 2.75) is 19.3 Å². The second-order valence-electron chi connectivity index (χ2n) is 9.09. The maximum Gasteiger partial charge on any atom is 0.223 e. The molecule has 0 N–H and O–H groups in total. The normalized spacial score (nSPS) is 13.8. The van der Waals surface area contributed by atoms with Crippen LogP contribution in [0.15, 0.2) is 97.1 Å². The Morgan fingerprint density at radius 2 is 1.34 bits per heavy atom. The highest BCUT2D eigenvalue weighted by Gasteiger charge is 2.25. The lowest BCUT2D eigenvalue weighted by molar-refractivity contribution is -0.131. The van der Waals surface area contributed by atoms with Crippen LogP contribution in [0.2, 0.25) is 0 Å². The number of amides is 1. The number of carbonyl (C=O) groups is 1. The molecular weight excluding hydrogens is 432 g/mol. The molecule has 1 aromatic heterocycles. The Labute approximate surface area is 207 Å². The lowest BCUT2D eigenvalue weighted by atomic mass is 9.88. The van der Waals surface area contributed by atoms with Crippen molar-refractivity contribution in [2.75, 3.05) is 31.1 Å². The molecule has 1 fully saturated rings. The molecule has 1 aliphatic rings. The first-order chi connectivity index (χ1) is 17.2. The average molecular weight is 463 g/mol. The number of hydrogen-bond donors (Lipinski definition) is 0. The van der Waals surface area contributed by atoms with Gasteiger partial charge in [-0.2, -0.15) is 0 Å². The standard InChI is InChI=1S/C30H30N4O/c1-23-12-14-26(15-13-23)28-16-17-29(32-31-28)33-18-20-34(21-19-33)30(35)22-27(24-8-4-2-5-9-24)25-10-6-3-7-11-25/h2-17,27H,18-22H2,1H3. The van der Waals surface area contributed by atoms with Gasteiger partial charge in [-0.25, -0.2) is 0 Å². The van der Waals surface area contributed by atoms with Gasteiger partial charge in [0.15, 0.2) is 5.82 Å². The smallest absolute Gasteiger partial charge is 0.223 e. The van der Waals surface area contributed by atoms with Gasteiger partial charge in [0.25, 0.3) is 0 Å². The third kappa shape index (κ3) is 5.40. The van der Waals surface area contributed by atoms with Crippen molar-refractivity contribution < 1.29 is 4.79 Å². The number of aromatic nitrogens is 2. The SMILES string of the molecule is Cc1ccc(-c2ccc(N3CCN(C(=O)CC(c4ccccc4)c4ccccc4)CC3)nn2)cc1. The van der Waals surface area contributed by atoms with Crippen LogP contribution >= 0.6 is 0 Å². The summed E-state index contributed by atoms with van der Waals surface area (Å²) < 4.78 is 0. The highest BCUT2D eigenvalue weighted by molar-refractivity contribution is 5.78. The maximum atomic E-state index is 13.3. The summed E-state index contributed by atoms with van der Waals surface area (Å²) in [5.41, 5.74) is 5.51. The van der Waals surface area contributed by atoms with E-state index in [1.807, 2.05) is 53.4 Å². The first-order valence-electron chi connectivity index (χ1n) is 12.2. The number of rotatable bonds is 6. The topological polar surface area (TPSA) is 49.3 Å². The molecule has 4 aromatic rings. The van der Waals surface area contributed by atoms with E-state index < -0.39 is 0 Å². The Morgan fingerprint density at radius 1 is 0.743 bits per heavy atom. The van der Waals surface area contributed by atoms with E-state index in [0.29, 0.717) is 19.5 Å². The number of piperazine rings is 1. The van der Waals surface area contributed by atoms with Crippen LogP contribution < -0.4 is 4.90 Å². The van der Waals surface area contributed by atoms with Gasteiger partial charge in [0.1, 0.15) is 0 Å². The minimum absolute atomic E-state index is 0.0584. The molecular formula is C30H30N4O. The van der Waals surface area contributed by atoms with E-state index in [4.69, 9.17) is 0 Å². The molecule has 1 aliphatic heterocycles. The van der Waals surface area contributed by atoms with Crippen molar-refractivity contribution >= 4 is 11.7 Å². The van der Waals surface area contributed by atoms with Gasteiger partial charge in [-0.3, -0.25) is 4.79 Å². The molecule has 0 aliphatic carbocycles. The molecule has 2 heterocycles. The van der Waals surface area contributed by atoms with Gasteiger partial charge in [0, 0.05) is 44.1 Å².